The summed E-state index contributed by atoms with van der Waals surface area (Å²) in [6, 6.07) is 10.5. The van der Waals surface area contributed by atoms with Gasteiger partial charge in [-0.05, 0) is 55.5 Å². The Balaban J connectivity index is 1.41. The molecule has 0 spiro atoms. The lowest BCUT2D eigenvalue weighted by Crippen LogP contribution is -2.17. The summed E-state index contributed by atoms with van der Waals surface area (Å²) in [4.78, 5) is 31.0. The van der Waals surface area contributed by atoms with E-state index in [9.17, 15) is 9.59 Å². The average molecular weight is 433 g/mol. The van der Waals surface area contributed by atoms with E-state index in [1.807, 2.05) is 6.07 Å². The van der Waals surface area contributed by atoms with Crippen molar-refractivity contribution in [3.63, 3.8) is 0 Å². The van der Waals surface area contributed by atoms with Crippen molar-refractivity contribution < 1.29 is 13.9 Å². The topological polar surface area (TPSA) is 86.7 Å². The second-order valence-corrected chi connectivity index (χ2v) is 8.38. The van der Waals surface area contributed by atoms with Crippen molar-refractivity contribution in [3.05, 3.63) is 74.8 Å². The maximum Gasteiger partial charge on any atom is 0.337 e. The fourth-order valence-corrected chi connectivity index (χ4v) is 5.02. The number of rotatable bonds is 4. The summed E-state index contributed by atoms with van der Waals surface area (Å²) in [6.07, 6.45) is 7.17. The van der Waals surface area contributed by atoms with Gasteiger partial charge in [-0.2, -0.15) is 9.78 Å². The third-order valence-electron chi connectivity index (χ3n) is 5.39. The van der Waals surface area contributed by atoms with E-state index < -0.39 is 0 Å². The maximum absolute atomic E-state index is 13.0. The van der Waals surface area contributed by atoms with E-state index in [2.05, 4.69) is 10.1 Å². The molecule has 0 radical (unpaired) electrons. The second kappa shape index (κ2) is 7.96. The number of carbonyl (C=O) groups is 1. The number of carbonyl (C=O) groups excluding carboxylic acids is 1. The summed E-state index contributed by atoms with van der Waals surface area (Å²) in [5, 5.41) is 4.98. The molecule has 0 amide bonds. The summed E-state index contributed by atoms with van der Waals surface area (Å²) in [5.41, 5.74) is 2.28. The number of esters is 1. The van der Waals surface area contributed by atoms with E-state index >= 15 is 0 Å². The van der Waals surface area contributed by atoms with Gasteiger partial charge < -0.3 is 9.15 Å². The van der Waals surface area contributed by atoms with Gasteiger partial charge in [-0.3, -0.25) is 4.79 Å². The molecule has 0 bridgehead atoms. The summed E-state index contributed by atoms with van der Waals surface area (Å²) in [5.74, 6) is 0.749. The zero-order valence-corrected chi connectivity index (χ0v) is 17.6. The van der Waals surface area contributed by atoms with Gasteiger partial charge in [-0.1, -0.05) is 12.1 Å². The molecule has 1 aliphatic carbocycles. The lowest BCUT2D eigenvalue weighted by Gasteiger charge is -2.09. The third-order valence-corrected chi connectivity index (χ3v) is 6.59. The molecular weight excluding hydrogens is 414 g/mol. The van der Waals surface area contributed by atoms with Crippen LogP contribution in [0.1, 0.15) is 39.4 Å². The van der Waals surface area contributed by atoms with Crippen molar-refractivity contribution in [2.24, 2.45) is 5.10 Å². The number of ether oxygens (including phenoxy) is 1. The molecule has 4 aromatic rings. The van der Waals surface area contributed by atoms with E-state index in [-0.39, 0.29) is 11.5 Å². The molecule has 31 heavy (non-hydrogen) atoms. The molecule has 8 heteroatoms. The first-order valence-electron chi connectivity index (χ1n) is 9.99. The van der Waals surface area contributed by atoms with Crippen LogP contribution in [-0.4, -0.2) is 29.0 Å². The number of methoxy groups -OCH3 is 1. The van der Waals surface area contributed by atoms with Gasteiger partial charge in [0.1, 0.15) is 22.7 Å². The molecular formula is C23H19N3O4S. The fourth-order valence-electron chi connectivity index (χ4n) is 3.80. The van der Waals surface area contributed by atoms with Crippen molar-refractivity contribution in [3.8, 4) is 11.3 Å². The number of furan rings is 1. The zero-order valence-electron chi connectivity index (χ0n) is 16.8. The Hall–Kier alpha value is -3.52. The Kier molecular flexibility index (Phi) is 4.99. The third kappa shape index (κ3) is 3.59. The molecule has 3 aromatic heterocycles. The lowest BCUT2D eigenvalue weighted by molar-refractivity contribution is 0.0600. The highest BCUT2D eigenvalue weighted by Gasteiger charge is 2.19. The summed E-state index contributed by atoms with van der Waals surface area (Å²) >= 11 is 1.62. The van der Waals surface area contributed by atoms with Gasteiger partial charge in [-0.25, -0.2) is 9.78 Å². The number of aromatic nitrogens is 2. The van der Waals surface area contributed by atoms with Crippen molar-refractivity contribution in [2.75, 3.05) is 7.11 Å². The average Bonchev–Trinajstić information content (AvgIpc) is 3.43. The zero-order chi connectivity index (χ0) is 21.4. The molecule has 3 heterocycles. The van der Waals surface area contributed by atoms with Gasteiger partial charge in [0.15, 0.2) is 0 Å². The predicted molar refractivity (Wildman–Crippen MR) is 119 cm³/mol. The van der Waals surface area contributed by atoms with E-state index in [1.165, 1.54) is 35.6 Å². The van der Waals surface area contributed by atoms with Gasteiger partial charge in [0.2, 0.25) is 0 Å². The first-order valence-corrected chi connectivity index (χ1v) is 10.8. The van der Waals surface area contributed by atoms with Crippen LogP contribution in [0.25, 0.3) is 21.5 Å². The van der Waals surface area contributed by atoms with E-state index in [0.717, 1.165) is 35.2 Å². The maximum atomic E-state index is 13.0. The number of benzene rings is 1. The highest BCUT2D eigenvalue weighted by atomic mass is 32.1. The highest BCUT2D eigenvalue weighted by Crippen LogP contribution is 2.33. The first kappa shape index (κ1) is 19.4. The standard InChI is InChI=1S/C23H19N3O4S/c1-29-23(28)15-8-6-14(7-9-15)18-11-10-16(30-18)12-25-26-13-24-21-20(22(26)27)17-4-2-3-5-19(17)31-21/h6-13H,2-5H2,1H3/b25-12+. The normalized spacial score (nSPS) is 13.6. The summed E-state index contributed by atoms with van der Waals surface area (Å²) in [7, 11) is 1.35. The quantitative estimate of drug-likeness (QED) is 0.354. The molecule has 0 aliphatic heterocycles. The molecule has 5 rings (SSSR count). The second-order valence-electron chi connectivity index (χ2n) is 7.30. The van der Waals surface area contributed by atoms with E-state index in [4.69, 9.17) is 9.15 Å². The molecule has 0 N–H and O–H groups in total. The minimum atomic E-state index is -0.387. The van der Waals surface area contributed by atoms with Gasteiger partial charge in [0, 0.05) is 10.4 Å². The van der Waals surface area contributed by atoms with Crippen LogP contribution < -0.4 is 5.56 Å². The largest absolute Gasteiger partial charge is 0.465 e. The van der Waals surface area contributed by atoms with Gasteiger partial charge in [0.05, 0.1) is 24.3 Å². The first-order chi connectivity index (χ1) is 15.1. The number of aryl methyl sites for hydroxylation is 2. The Morgan fingerprint density at radius 3 is 2.81 bits per heavy atom. The SMILES string of the molecule is COC(=O)c1ccc(-c2ccc(/C=N/n3cnc4sc5c(c4c3=O)CCCC5)o2)cc1. The van der Waals surface area contributed by atoms with E-state index in [1.54, 1.807) is 41.7 Å². The van der Waals surface area contributed by atoms with Crippen LogP contribution in [0, 0.1) is 0 Å². The Morgan fingerprint density at radius 2 is 2.00 bits per heavy atom. The summed E-state index contributed by atoms with van der Waals surface area (Å²) < 4.78 is 11.8. The summed E-state index contributed by atoms with van der Waals surface area (Å²) in [6.45, 7) is 0. The van der Waals surface area contributed by atoms with Crippen molar-refractivity contribution >= 4 is 33.7 Å². The van der Waals surface area contributed by atoms with Crippen LogP contribution >= 0.6 is 11.3 Å². The minimum Gasteiger partial charge on any atom is -0.465 e. The van der Waals surface area contributed by atoms with Crippen molar-refractivity contribution in [1.82, 2.24) is 9.66 Å². The number of nitrogens with zero attached hydrogens (tertiary/aromatic N) is 3. The van der Waals surface area contributed by atoms with Crippen LogP contribution in [0.5, 0.6) is 0 Å². The van der Waals surface area contributed by atoms with Crippen molar-refractivity contribution in [1.29, 1.82) is 0 Å². The Bertz CT molecular complexity index is 1360. The molecule has 7 nitrogen and oxygen atoms in total. The molecule has 0 fully saturated rings. The number of hydrogen-bond acceptors (Lipinski definition) is 7. The molecule has 0 unspecified atom stereocenters. The van der Waals surface area contributed by atoms with Crippen LogP contribution in [0.2, 0.25) is 0 Å². The number of fused-ring (bicyclic) bond motifs is 3. The smallest absolute Gasteiger partial charge is 0.337 e. The van der Waals surface area contributed by atoms with Crippen molar-refractivity contribution in [2.45, 2.75) is 25.7 Å². The van der Waals surface area contributed by atoms with E-state index in [0.29, 0.717) is 22.5 Å². The molecule has 156 valence electrons. The Morgan fingerprint density at radius 1 is 1.19 bits per heavy atom. The van der Waals surface area contributed by atoms with Crippen LogP contribution in [0.15, 0.2) is 57.0 Å². The molecule has 0 atom stereocenters. The Labute approximate surface area is 181 Å². The molecule has 1 aromatic carbocycles. The molecule has 0 saturated carbocycles. The minimum absolute atomic E-state index is 0.147. The predicted octanol–water partition coefficient (Wildman–Crippen LogP) is 4.27. The number of thiophene rings is 1. The molecule has 1 aliphatic rings. The lowest BCUT2D eigenvalue weighted by atomic mass is 9.97. The monoisotopic (exact) mass is 433 g/mol. The fraction of sp³-hybridized carbons (Fsp3) is 0.217. The van der Waals surface area contributed by atoms with Gasteiger partial charge >= 0.3 is 5.97 Å². The van der Waals surface area contributed by atoms with Gasteiger partial charge in [-0.15, -0.1) is 11.3 Å². The number of hydrogen-bond donors (Lipinski definition) is 0. The van der Waals surface area contributed by atoms with Crippen LogP contribution in [0.4, 0.5) is 0 Å². The van der Waals surface area contributed by atoms with Gasteiger partial charge in [0.25, 0.3) is 5.56 Å². The molecule has 0 saturated heterocycles. The van der Waals surface area contributed by atoms with Crippen LogP contribution in [-0.2, 0) is 17.6 Å². The highest BCUT2D eigenvalue weighted by molar-refractivity contribution is 7.18. The van der Waals surface area contributed by atoms with Crippen LogP contribution in [0.3, 0.4) is 0 Å².